The van der Waals surface area contributed by atoms with E-state index in [2.05, 4.69) is 99.7 Å². The maximum atomic E-state index is 12.4. The Bertz CT molecular complexity index is 1130. The SMILES string of the molecule is O=C(Nc1ccc(CN(Cc2ccc(C=CC3CCCN3)cc2)c2ccccc2)cc1)C1CCCN1. The Morgan fingerprint density at radius 2 is 1.50 bits per heavy atom. The first-order chi connectivity index (χ1) is 17.7. The molecule has 2 aliphatic rings. The number of carbonyl (C=O) groups is 1. The highest BCUT2D eigenvalue weighted by atomic mass is 16.2. The highest BCUT2D eigenvalue weighted by molar-refractivity contribution is 5.95. The minimum Gasteiger partial charge on any atom is -0.363 e. The largest absolute Gasteiger partial charge is 0.363 e. The van der Waals surface area contributed by atoms with Crippen LogP contribution in [0.5, 0.6) is 0 Å². The summed E-state index contributed by atoms with van der Waals surface area (Å²) >= 11 is 0. The van der Waals surface area contributed by atoms with Crippen LogP contribution in [0.3, 0.4) is 0 Å². The van der Waals surface area contributed by atoms with Crippen LogP contribution in [0.15, 0.2) is 84.9 Å². The van der Waals surface area contributed by atoms with Gasteiger partial charge in [-0.1, -0.05) is 66.7 Å². The Morgan fingerprint density at radius 3 is 2.14 bits per heavy atom. The van der Waals surface area contributed by atoms with Gasteiger partial charge in [0.05, 0.1) is 6.04 Å². The Balaban J connectivity index is 1.24. The third-order valence-corrected chi connectivity index (χ3v) is 7.07. The van der Waals surface area contributed by atoms with Crippen molar-refractivity contribution < 1.29 is 4.79 Å². The molecule has 5 heteroatoms. The first-order valence-corrected chi connectivity index (χ1v) is 13.2. The number of benzene rings is 3. The molecule has 0 radical (unpaired) electrons. The van der Waals surface area contributed by atoms with Gasteiger partial charge in [-0.15, -0.1) is 0 Å². The molecule has 2 saturated heterocycles. The minimum absolute atomic E-state index is 0.0592. The van der Waals surface area contributed by atoms with Crippen LogP contribution >= 0.6 is 0 Å². The van der Waals surface area contributed by atoms with Crippen molar-refractivity contribution in [3.8, 4) is 0 Å². The molecule has 3 aromatic rings. The van der Waals surface area contributed by atoms with Crippen LogP contribution in [-0.2, 0) is 17.9 Å². The number of nitrogens with zero attached hydrogens (tertiary/aromatic N) is 1. The Hall–Kier alpha value is -3.41. The maximum absolute atomic E-state index is 12.4. The van der Waals surface area contributed by atoms with Gasteiger partial charge >= 0.3 is 0 Å². The third-order valence-electron chi connectivity index (χ3n) is 7.07. The lowest BCUT2D eigenvalue weighted by Gasteiger charge is -2.25. The molecule has 5 nitrogen and oxygen atoms in total. The van der Waals surface area contributed by atoms with Gasteiger partial charge in [-0.2, -0.15) is 0 Å². The van der Waals surface area contributed by atoms with Crippen molar-refractivity contribution in [2.75, 3.05) is 23.3 Å². The van der Waals surface area contributed by atoms with Gasteiger partial charge < -0.3 is 20.9 Å². The molecule has 2 unspecified atom stereocenters. The zero-order chi connectivity index (χ0) is 24.6. The van der Waals surface area contributed by atoms with Crippen LogP contribution in [0.2, 0.25) is 0 Å². The average Bonchev–Trinajstić information content (AvgIpc) is 3.64. The van der Waals surface area contributed by atoms with Crippen molar-refractivity contribution in [2.24, 2.45) is 0 Å². The van der Waals surface area contributed by atoms with E-state index in [4.69, 9.17) is 0 Å². The summed E-state index contributed by atoms with van der Waals surface area (Å²) in [6.07, 6.45) is 8.97. The number of nitrogens with one attached hydrogen (secondary N) is 3. The summed E-state index contributed by atoms with van der Waals surface area (Å²) in [7, 11) is 0. The van der Waals surface area contributed by atoms with Gasteiger partial charge in [-0.3, -0.25) is 4.79 Å². The molecule has 3 N–H and O–H groups in total. The fourth-order valence-corrected chi connectivity index (χ4v) is 4.99. The molecule has 1 amide bonds. The van der Waals surface area contributed by atoms with Crippen LogP contribution < -0.4 is 20.9 Å². The smallest absolute Gasteiger partial charge is 0.241 e. The molecule has 0 spiro atoms. The predicted molar refractivity (Wildman–Crippen MR) is 149 cm³/mol. The molecule has 2 fully saturated rings. The molecular weight excluding hydrogens is 444 g/mol. The van der Waals surface area contributed by atoms with Crippen LogP contribution in [0.25, 0.3) is 6.08 Å². The normalized spacial score (nSPS) is 19.6. The van der Waals surface area contributed by atoms with E-state index in [0.717, 1.165) is 44.7 Å². The van der Waals surface area contributed by atoms with Crippen LogP contribution in [0, 0.1) is 0 Å². The fourth-order valence-electron chi connectivity index (χ4n) is 4.99. The number of amides is 1. The fraction of sp³-hybridized carbons (Fsp3) is 0.323. The zero-order valence-electron chi connectivity index (χ0n) is 20.8. The summed E-state index contributed by atoms with van der Waals surface area (Å²) < 4.78 is 0. The van der Waals surface area contributed by atoms with E-state index in [1.165, 1.54) is 35.2 Å². The lowest BCUT2D eigenvalue weighted by atomic mass is 10.1. The van der Waals surface area contributed by atoms with E-state index >= 15 is 0 Å². The van der Waals surface area contributed by atoms with E-state index < -0.39 is 0 Å². The number of anilines is 2. The van der Waals surface area contributed by atoms with E-state index in [0.29, 0.717) is 6.04 Å². The average molecular weight is 481 g/mol. The van der Waals surface area contributed by atoms with Gasteiger partial charge in [0.2, 0.25) is 5.91 Å². The summed E-state index contributed by atoms with van der Waals surface area (Å²) in [5, 5.41) is 9.81. The zero-order valence-corrected chi connectivity index (χ0v) is 20.8. The number of para-hydroxylation sites is 1. The number of hydrogen-bond acceptors (Lipinski definition) is 4. The number of hydrogen-bond donors (Lipinski definition) is 3. The second kappa shape index (κ2) is 12.0. The van der Waals surface area contributed by atoms with Crippen LogP contribution in [0.1, 0.15) is 42.4 Å². The van der Waals surface area contributed by atoms with Crippen molar-refractivity contribution >= 4 is 23.4 Å². The van der Waals surface area contributed by atoms with Crippen molar-refractivity contribution in [2.45, 2.75) is 50.9 Å². The maximum Gasteiger partial charge on any atom is 0.241 e. The van der Waals surface area contributed by atoms with E-state index in [1.54, 1.807) is 0 Å². The highest BCUT2D eigenvalue weighted by Gasteiger charge is 2.21. The minimum atomic E-state index is -0.0699. The molecular formula is C31H36N4O. The summed E-state index contributed by atoms with van der Waals surface area (Å²) in [5.74, 6) is 0.0592. The summed E-state index contributed by atoms with van der Waals surface area (Å²) in [6.45, 7) is 3.66. The molecule has 36 heavy (non-hydrogen) atoms. The molecule has 0 aromatic heterocycles. The predicted octanol–water partition coefficient (Wildman–Crippen LogP) is 5.35. The van der Waals surface area contributed by atoms with Gasteiger partial charge in [0.25, 0.3) is 0 Å². The topological polar surface area (TPSA) is 56.4 Å². The Morgan fingerprint density at radius 1 is 0.833 bits per heavy atom. The molecule has 2 heterocycles. The second-order valence-corrected chi connectivity index (χ2v) is 9.83. The summed E-state index contributed by atoms with van der Waals surface area (Å²) in [4.78, 5) is 14.8. The van der Waals surface area contributed by atoms with Gasteiger partial charge in [0.1, 0.15) is 0 Å². The lowest BCUT2D eigenvalue weighted by Crippen LogP contribution is -2.35. The molecule has 2 aliphatic heterocycles. The standard InChI is InChI=1S/C31H36N4O/c36-31(30-9-5-21-33-30)34-28-18-15-26(16-19-28)23-35(29-7-2-1-3-8-29)22-25-12-10-24(11-13-25)14-17-27-6-4-20-32-27/h1-3,7-8,10-19,27,30,32-33H,4-6,9,20-23H2,(H,34,36). The van der Waals surface area contributed by atoms with Gasteiger partial charge in [-0.05, 0) is 79.7 Å². The molecule has 0 bridgehead atoms. The number of carbonyl (C=O) groups excluding carboxylic acids is 1. The summed E-state index contributed by atoms with van der Waals surface area (Å²) in [5.41, 5.74) is 5.77. The first-order valence-electron chi connectivity index (χ1n) is 13.2. The quantitative estimate of drug-likeness (QED) is 0.387. The van der Waals surface area contributed by atoms with Crippen molar-refractivity contribution in [1.82, 2.24) is 10.6 Å². The van der Waals surface area contributed by atoms with Crippen molar-refractivity contribution in [3.63, 3.8) is 0 Å². The number of rotatable bonds is 9. The molecule has 0 aliphatic carbocycles. The van der Waals surface area contributed by atoms with Gasteiger partial charge in [-0.25, -0.2) is 0 Å². The third kappa shape index (κ3) is 6.62. The highest BCUT2D eigenvalue weighted by Crippen LogP contribution is 2.22. The first kappa shape index (κ1) is 24.3. The Labute approximate surface area is 214 Å². The molecule has 0 saturated carbocycles. The Kier molecular flexibility index (Phi) is 8.11. The molecule has 2 atom stereocenters. The van der Waals surface area contributed by atoms with Crippen LogP contribution in [-0.4, -0.2) is 31.1 Å². The van der Waals surface area contributed by atoms with Crippen molar-refractivity contribution in [3.05, 3.63) is 102 Å². The van der Waals surface area contributed by atoms with Gasteiger partial charge in [0, 0.05) is 30.5 Å². The van der Waals surface area contributed by atoms with Crippen molar-refractivity contribution in [1.29, 1.82) is 0 Å². The molecule has 5 rings (SSSR count). The lowest BCUT2D eigenvalue weighted by molar-refractivity contribution is -0.117. The van der Waals surface area contributed by atoms with E-state index in [9.17, 15) is 4.79 Å². The molecule has 3 aromatic carbocycles. The second-order valence-electron chi connectivity index (χ2n) is 9.83. The van der Waals surface area contributed by atoms with E-state index in [-0.39, 0.29) is 11.9 Å². The van der Waals surface area contributed by atoms with E-state index in [1.807, 2.05) is 12.1 Å². The summed E-state index contributed by atoms with van der Waals surface area (Å²) in [6, 6.07) is 28.1. The molecule has 186 valence electrons. The van der Waals surface area contributed by atoms with Gasteiger partial charge in [0.15, 0.2) is 0 Å². The van der Waals surface area contributed by atoms with Crippen LogP contribution in [0.4, 0.5) is 11.4 Å². The monoisotopic (exact) mass is 480 g/mol.